The molecule has 3 rings (SSSR count). The summed E-state index contributed by atoms with van der Waals surface area (Å²) in [6.45, 7) is 20.6. The Morgan fingerprint density at radius 1 is 1.14 bits per heavy atom. The molecule has 3 aliphatic rings. The van der Waals surface area contributed by atoms with Crippen LogP contribution < -0.4 is 0 Å². The lowest BCUT2D eigenvalue weighted by Crippen LogP contribution is -2.38. The van der Waals surface area contributed by atoms with Crippen molar-refractivity contribution in [1.82, 2.24) is 0 Å². The van der Waals surface area contributed by atoms with Crippen LogP contribution in [0.4, 0.5) is 0 Å². The average Bonchev–Trinajstić information content (AvgIpc) is 3.04. The van der Waals surface area contributed by atoms with Gasteiger partial charge in [0.2, 0.25) is 0 Å². The van der Waals surface area contributed by atoms with Crippen molar-refractivity contribution < 1.29 is 0 Å². The van der Waals surface area contributed by atoms with Crippen molar-refractivity contribution in [2.75, 3.05) is 0 Å². The zero-order valence-corrected chi connectivity index (χ0v) is 19.9. The van der Waals surface area contributed by atoms with Crippen LogP contribution in [0.3, 0.4) is 0 Å². The van der Waals surface area contributed by atoms with E-state index in [1.165, 1.54) is 56.9 Å². The zero-order chi connectivity index (χ0) is 21.2. The summed E-state index contributed by atoms with van der Waals surface area (Å²) in [5.74, 6) is 5.29. The molecule has 0 nitrogen and oxygen atoms in total. The predicted octanol–water partition coefficient (Wildman–Crippen LogP) is 8.77. The molecule has 7 atom stereocenters. The lowest BCUT2D eigenvalue weighted by Gasteiger charge is -2.46. The summed E-state index contributed by atoms with van der Waals surface area (Å²) < 4.78 is 0. The first kappa shape index (κ1) is 22.6. The lowest BCUT2D eigenvalue weighted by molar-refractivity contribution is 0.0393. The summed E-state index contributed by atoms with van der Waals surface area (Å²) in [5, 5.41) is 0. The molecule has 0 aromatic heterocycles. The van der Waals surface area contributed by atoms with Gasteiger partial charge < -0.3 is 0 Å². The highest BCUT2D eigenvalue weighted by atomic mass is 14.6. The van der Waals surface area contributed by atoms with Crippen LogP contribution in [0.25, 0.3) is 0 Å². The van der Waals surface area contributed by atoms with Crippen LogP contribution in [0.1, 0.15) is 86.0 Å². The largest absolute Gasteiger partial charge is 0.102 e. The maximum absolute atomic E-state index is 4.45. The van der Waals surface area contributed by atoms with Gasteiger partial charge in [-0.2, -0.15) is 0 Å². The summed E-state index contributed by atoms with van der Waals surface area (Å²) in [4.78, 5) is 0. The monoisotopic (exact) mass is 394 g/mol. The first-order chi connectivity index (χ1) is 13.8. The Kier molecular flexibility index (Phi) is 7.34. The minimum atomic E-state index is 0.492. The summed E-state index contributed by atoms with van der Waals surface area (Å²) in [5.41, 5.74) is 3.44. The van der Waals surface area contributed by atoms with Crippen molar-refractivity contribution in [2.45, 2.75) is 86.0 Å². The molecule has 0 saturated heterocycles. The Bertz CT molecular complexity index is 647. The smallest absolute Gasteiger partial charge is 0.00146 e. The minimum absolute atomic E-state index is 0.492. The molecule has 0 aromatic carbocycles. The molecule has 0 spiro atoms. The van der Waals surface area contributed by atoms with Gasteiger partial charge in [0.1, 0.15) is 0 Å². The molecular weight excluding hydrogens is 348 g/mol. The van der Waals surface area contributed by atoms with Gasteiger partial charge in [-0.05, 0) is 97.0 Å². The van der Waals surface area contributed by atoms with Gasteiger partial charge in [0.05, 0.1) is 0 Å². The van der Waals surface area contributed by atoms with E-state index in [1.807, 2.05) is 0 Å². The van der Waals surface area contributed by atoms with Crippen LogP contribution in [0.2, 0.25) is 0 Å². The summed E-state index contributed by atoms with van der Waals surface area (Å²) >= 11 is 0. The number of hydrogen-bond donors (Lipinski definition) is 0. The van der Waals surface area contributed by atoms with E-state index >= 15 is 0 Å². The standard InChI is InChI=1S/C29H46/c1-8-24-18-21(4)19-26(23(24)6)14-13-25-10-9-17-29(7)27(15-16-28(25)29)22(5)12-11-20(2)3/h8,11-12,14,20-22,24-25,27-28H,1,6,9-10,13,15-19H2,2-5,7H3/b12-11+,26-14+. The van der Waals surface area contributed by atoms with Crippen LogP contribution in [0.15, 0.2) is 48.6 Å². The average molecular weight is 395 g/mol. The molecule has 29 heavy (non-hydrogen) atoms. The molecule has 0 amide bonds. The van der Waals surface area contributed by atoms with Gasteiger partial charge in [0, 0.05) is 5.92 Å². The lowest BCUT2D eigenvalue weighted by atomic mass is 9.58. The van der Waals surface area contributed by atoms with Gasteiger partial charge in [-0.1, -0.05) is 71.9 Å². The Balaban J connectivity index is 1.71. The third-order valence-electron chi connectivity index (χ3n) is 8.81. The summed E-state index contributed by atoms with van der Waals surface area (Å²) in [6.07, 6.45) is 20.6. The highest BCUT2D eigenvalue weighted by Crippen LogP contribution is 2.60. The van der Waals surface area contributed by atoms with E-state index < -0.39 is 0 Å². The van der Waals surface area contributed by atoms with Crippen molar-refractivity contribution in [2.24, 2.45) is 46.8 Å². The third kappa shape index (κ3) is 4.83. The second-order valence-corrected chi connectivity index (χ2v) is 11.3. The van der Waals surface area contributed by atoms with E-state index in [9.17, 15) is 0 Å². The van der Waals surface area contributed by atoms with Gasteiger partial charge in [-0.3, -0.25) is 0 Å². The quantitative estimate of drug-likeness (QED) is 0.395. The number of hydrogen-bond acceptors (Lipinski definition) is 0. The van der Waals surface area contributed by atoms with Crippen molar-refractivity contribution >= 4 is 0 Å². The molecule has 0 aromatic rings. The Morgan fingerprint density at radius 3 is 2.59 bits per heavy atom. The predicted molar refractivity (Wildman–Crippen MR) is 129 cm³/mol. The number of rotatable bonds is 6. The van der Waals surface area contributed by atoms with Gasteiger partial charge in [-0.15, -0.1) is 6.58 Å². The molecule has 0 radical (unpaired) electrons. The first-order valence-corrected chi connectivity index (χ1v) is 12.4. The van der Waals surface area contributed by atoms with Crippen LogP contribution in [0, 0.1) is 46.8 Å². The highest BCUT2D eigenvalue weighted by Gasteiger charge is 2.51. The van der Waals surface area contributed by atoms with E-state index in [-0.39, 0.29) is 0 Å². The van der Waals surface area contributed by atoms with Gasteiger partial charge in [0.25, 0.3) is 0 Å². The Labute approximate surface area is 181 Å². The molecule has 7 unspecified atom stereocenters. The molecular formula is C29H46. The third-order valence-corrected chi connectivity index (χ3v) is 8.81. The fourth-order valence-electron chi connectivity index (χ4n) is 7.21. The fraction of sp³-hybridized carbons (Fsp3) is 0.724. The highest BCUT2D eigenvalue weighted by molar-refractivity contribution is 5.35. The van der Waals surface area contributed by atoms with E-state index in [0.717, 1.165) is 29.6 Å². The van der Waals surface area contributed by atoms with Crippen LogP contribution in [-0.4, -0.2) is 0 Å². The molecule has 3 aliphatic carbocycles. The number of allylic oxidation sites excluding steroid dienone is 6. The van der Waals surface area contributed by atoms with E-state index in [4.69, 9.17) is 0 Å². The molecule has 0 N–H and O–H groups in total. The second-order valence-electron chi connectivity index (χ2n) is 11.3. The van der Waals surface area contributed by atoms with Crippen LogP contribution >= 0.6 is 0 Å². The summed E-state index contributed by atoms with van der Waals surface area (Å²) in [7, 11) is 0. The Hall–Kier alpha value is -1.04. The van der Waals surface area contributed by atoms with E-state index in [2.05, 4.69) is 72.1 Å². The van der Waals surface area contributed by atoms with Crippen molar-refractivity contribution in [3.05, 3.63) is 48.6 Å². The second kappa shape index (κ2) is 9.40. The molecule has 0 heterocycles. The van der Waals surface area contributed by atoms with E-state index in [1.54, 1.807) is 5.57 Å². The van der Waals surface area contributed by atoms with Gasteiger partial charge in [-0.25, -0.2) is 0 Å². The van der Waals surface area contributed by atoms with Gasteiger partial charge >= 0.3 is 0 Å². The zero-order valence-electron chi connectivity index (χ0n) is 19.9. The molecule has 3 fully saturated rings. The number of fused-ring (bicyclic) bond motifs is 1. The van der Waals surface area contributed by atoms with Gasteiger partial charge in [0.15, 0.2) is 0 Å². The van der Waals surface area contributed by atoms with Crippen molar-refractivity contribution in [1.29, 1.82) is 0 Å². The molecule has 0 aliphatic heterocycles. The molecule has 0 bridgehead atoms. The molecule has 0 heteroatoms. The van der Waals surface area contributed by atoms with Crippen molar-refractivity contribution in [3.8, 4) is 0 Å². The molecule has 162 valence electrons. The fourth-order valence-corrected chi connectivity index (χ4v) is 7.21. The van der Waals surface area contributed by atoms with Crippen molar-refractivity contribution in [3.63, 3.8) is 0 Å². The topological polar surface area (TPSA) is 0 Å². The maximum Gasteiger partial charge on any atom is 0.00146 e. The summed E-state index contributed by atoms with van der Waals surface area (Å²) in [6, 6.07) is 0. The first-order valence-electron chi connectivity index (χ1n) is 12.4. The Morgan fingerprint density at radius 2 is 1.90 bits per heavy atom. The van der Waals surface area contributed by atoms with Crippen LogP contribution in [-0.2, 0) is 0 Å². The van der Waals surface area contributed by atoms with E-state index in [0.29, 0.717) is 17.3 Å². The SMILES string of the molecule is C=CC1CC(C)C/C(=C\CC2CCCC3(C)C(C(C)/C=C/C(C)C)CCC23)C1=C. The van der Waals surface area contributed by atoms with Crippen LogP contribution in [0.5, 0.6) is 0 Å². The maximum atomic E-state index is 4.45. The molecule has 3 saturated carbocycles. The normalized spacial score (nSPS) is 40.6. The minimum Gasteiger partial charge on any atom is -0.102 e.